The standard InChI is InChI=1S/C12H17NS/c1-8(2)9-3-4-10-6-14-7-12(13)11(10)5-9/h3-5,8,12H,6-7,13H2,1-2H3. The van der Waals surface area contributed by atoms with Gasteiger partial charge in [-0.05, 0) is 22.6 Å². The van der Waals surface area contributed by atoms with Gasteiger partial charge in [0.15, 0.2) is 0 Å². The first-order valence-electron chi connectivity index (χ1n) is 5.14. The molecule has 1 aliphatic rings. The summed E-state index contributed by atoms with van der Waals surface area (Å²) in [4.78, 5) is 0. The van der Waals surface area contributed by atoms with Crippen molar-refractivity contribution in [1.29, 1.82) is 0 Å². The number of benzene rings is 1. The molecule has 2 rings (SSSR count). The minimum Gasteiger partial charge on any atom is -0.323 e. The largest absolute Gasteiger partial charge is 0.323 e. The van der Waals surface area contributed by atoms with E-state index in [1.54, 1.807) is 0 Å². The van der Waals surface area contributed by atoms with Gasteiger partial charge in [0.1, 0.15) is 0 Å². The molecule has 1 heterocycles. The van der Waals surface area contributed by atoms with E-state index in [9.17, 15) is 0 Å². The predicted octanol–water partition coefficient (Wildman–Crippen LogP) is 3.06. The smallest absolute Gasteiger partial charge is 0.0390 e. The Morgan fingerprint density at radius 1 is 1.43 bits per heavy atom. The van der Waals surface area contributed by atoms with E-state index in [1.807, 2.05) is 11.8 Å². The first kappa shape index (κ1) is 10.1. The van der Waals surface area contributed by atoms with Crippen molar-refractivity contribution < 1.29 is 0 Å². The molecule has 2 heteroatoms. The fourth-order valence-corrected chi connectivity index (χ4v) is 2.87. The van der Waals surface area contributed by atoms with Gasteiger partial charge in [-0.2, -0.15) is 11.8 Å². The zero-order valence-corrected chi connectivity index (χ0v) is 9.60. The van der Waals surface area contributed by atoms with Crippen LogP contribution in [0.4, 0.5) is 0 Å². The Kier molecular flexibility index (Phi) is 2.84. The Morgan fingerprint density at radius 2 is 2.21 bits per heavy atom. The summed E-state index contributed by atoms with van der Waals surface area (Å²) in [6, 6.07) is 7.02. The Bertz CT molecular complexity index is 333. The van der Waals surface area contributed by atoms with Crippen molar-refractivity contribution in [3.05, 3.63) is 34.9 Å². The van der Waals surface area contributed by atoms with Crippen molar-refractivity contribution in [1.82, 2.24) is 0 Å². The minimum atomic E-state index is 0.238. The second-order valence-electron chi connectivity index (χ2n) is 4.23. The van der Waals surface area contributed by atoms with Crippen LogP contribution in [0.15, 0.2) is 18.2 Å². The maximum absolute atomic E-state index is 6.09. The average Bonchev–Trinajstić information content (AvgIpc) is 2.18. The number of nitrogens with two attached hydrogens (primary N) is 1. The third kappa shape index (κ3) is 1.82. The minimum absolute atomic E-state index is 0.238. The van der Waals surface area contributed by atoms with Gasteiger partial charge in [0.05, 0.1) is 0 Å². The third-order valence-corrected chi connectivity index (χ3v) is 3.90. The Labute approximate surface area is 90.1 Å². The lowest BCUT2D eigenvalue weighted by atomic mass is 9.94. The van der Waals surface area contributed by atoms with Crippen LogP contribution in [0.3, 0.4) is 0 Å². The molecule has 1 aromatic carbocycles. The van der Waals surface area contributed by atoms with Gasteiger partial charge in [-0.15, -0.1) is 0 Å². The molecule has 0 aliphatic carbocycles. The van der Waals surface area contributed by atoms with Crippen molar-refractivity contribution in [3.8, 4) is 0 Å². The molecule has 0 saturated heterocycles. The predicted molar refractivity (Wildman–Crippen MR) is 63.6 cm³/mol. The van der Waals surface area contributed by atoms with Gasteiger partial charge >= 0.3 is 0 Å². The van der Waals surface area contributed by atoms with E-state index in [0.717, 1.165) is 11.5 Å². The molecule has 0 radical (unpaired) electrons. The summed E-state index contributed by atoms with van der Waals surface area (Å²) in [5, 5.41) is 0. The van der Waals surface area contributed by atoms with Crippen LogP contribution in [0, 0.1) is 0 Å². The lowest BCUT2D eigenvalue weighted by Crippen LogP contribution is -2.19. The summed E-state index contributed by atoms with van der Waals surface area (Å²) in [7, 11) is 0. The van der Waals surface area contributed by atoms with Gasteiger partial charge in [-0.25, -0.2) is 0 Å². The molecule has 1 atom stereocenters. The maximum atomic E-state index is 6.09. The molecule has 2 N–H and O–H groups in total. The zero-order valence-electron chi connectivity index (χ0n) is 8.79. The molecule has 1 aliphatic heterocycles. The highest BCUT2D eigenvalue weighted by Gasteiger charge is 2.17. The zero-order chi connectivity index (χ0) is 10.1. The van der Waals surface area contributed by atoms with Crippen molar-refractivity contribution in [2.75, 3.05) is 5.75 Å². The van der Waals surface area contributed by atoms with E-state index in [-0.39, 0.29) is 6.04 Å². The lowest BCUT2D eigenvalue weighted by molar-refractivity contribution is 0.794. The van der Waals surface area contributed by atoms with Gasteiger partial charge in [0.2, 0.25) is 0 Å². The number of thioether (sulfide) groups is 1. The Hall–Kier alpha value is -0.470. The molecule has 14 heavy (non-hydrogen) atoms. The highest BCUT2D eigenvalue weighted by molar-refractivity contribution is 7.98. The SMILES string of the molecule is CC(C)c1ccc2c(c1)C(N)CSC2. The highest BCUT2D eigenvalue weighted by atomic mass is 32.2. The van der Waals surface area contributed by atoms with Gasteiger partial charge in [0, 0.05) is 17.5 Å². The van der Waals surface area contributed by atoms with E-state index >= 15 is 0 Å². The van der Waals surface area contributed by atoms with Crippen molar-refractivity contribution in [3.63, 3.8) is 0 Å². The second kappa shape index (κ2) is 3.95. The fourth-order valence-electron chi connectivity index (χ4n) is 1.83. The van der Waals surface area contributed by atoms with Crippen LogP contribution in [-0.2, 0) is 5.75 Å². The van der Waals surface area contributed by atoms with Crippen molar-refractivity contribution in [2.45, 2.75) is 31.6 Å². The molecular weight excluding hydrogens is 190 g/mol. The average molecular weight is 207 g/mol. The normalized spacial score (nSPS) is 21.0. The highest BCUT2D eigenvalue weighted by Crippen LogP contribution is 2.32. The Balaban J connectivity index is 2.41. The summed E-state index contributed by atoms with van der Waals surface area (Å²) in [6.45, 7) is 4.45. The van der Waals surface area contributed by atoms with Crippen LogP contribution < -0.4 is 5.73 Å². The maximum Gasteiger partial charge on any atom is 0.0390 e. The summed E-state index contributed by atoms with van der Waals surface area (Å²) < 4.78 is 0. The Morgan fingerprint density at radius 3 is 2.93 bits per heavy atom. The second-order valence-corrected chi connectivity index (χ2v) is 5.26. The quantitative estimate of drug-likeness (QED) is 0.766. The monoisotopic (exact) mass is 207 g/mol. The molecule has 0 saturated carbocycles. The summed E-state index contributed by atoms with van der Waals surface area (Å²) >= 11 is 1.93. The summed E-state index contributed by atoms with van der Waals surface area (Å²) in [6.07, 6.45) is 0. The van der Waals surface area contributed by atoms with Crippen LogP contribution in [0.2, 0.25) is 0 Å². The van der Waals surface area contributed by atoms with E-state index in [1.165, 1.54) is 16.7 Å². The van der Waals surface area contributed by atoms with Crippen molar-refractivity contribution in [2.24, 2.45) is 5.73 Å². The van der Waals surface area contributed by atoms with Gasteiger partial charge in [-0.1, -0.05) is 32.0 Å². The molecule has 0 amide bonds. The van der Waals surface area contributed by atoms with Crippen LogP contribution in [-0.4, -0.2) is 5.75 Å². The number of fused-ring (bicyclic) bond motifs is 1. The molecule has 0 aromatic heterocycles. The van der Waals surface area contributed by atoms with Crippen LogP contribution >= 0.6 is 11.8 Å². The molecule has 76 valence electrons. The van der Waals surface area contributed by atoms with Gasteiger partial charge in [-0.3, -0.25) is 0 Å². The van der Waals surface area contributed by atoms with E-state index in [0.29, 0.717) is 5.92 Å². The molecule has 0 spiro atoms. The first-order valence-corrected chi connectivity index (χ1v) is 6.30. The number of hydrogen-bond acceptors (Lipinski definition) is 2. The van der Waals surface area contributed by atoms with Crippen LogP contribution in [0.5, 0.6) is 0 Å². The van der Waals surface area contributed by atoms with Crippen LogP contribution in [0.25, 0.3) is 0 Å². The first-order chi connectivity index (χ1) is 6.68. The van der Waals surface area contributed by atoms with E-state index < -0.39 is 0 Å². The molecule has 0 fully saturated rings. The van der Waals surface area contributed by atoms with Gasteiger partial charge < -0.3 is 5.73 Å². The molecule has 1 unspecified atom stereocenters. The van der Waals surface area contributed by atoms with Gasteiger partial charge in [0.25, 0.3) is 0 Å². The van der Waals surface area contributed by atoms with Crippen LogP contribution in [0.1, 0.15) is 42.5 Å². The number of rotatable bonds is 1. The fraction of sp³-hybridized carbons (Fsp3) is 0.500. The molecular formula is C12H17NS. The lowest BCUT2D eigenvalue weighted by Gasteiger charge is -2.23. The molecule has 0 bridgehead atoms. The van der Waals surface area contributed by atoms with E-state index in [2.05, 4.69) is 32.0 Å². The summed E-state index contributed by atoms with van der Waals surface area (Å²) in [5.41, 5.74) is 10.3. The number of hydrogen-bond donors (Lipinski definition) is 1. The topological polar surface area (TPSA) is 26.0 Å². The van der Waals surface area contributed by atoms with E-state index in [4.69, 9.17) is 5.73 Å². The summed E-state index contributed by atoms with van der Waals surface area (Å²) in [5.74, 6) is 2.79. The molecule has 1 aromatic rings. The van der Waals surface area contributed by atoms with Crippen molar-refractivity contribution >= 4 is 11.8 Å². The third-order valence-electron chi connectivity index (χ3n) is 2.79. The molecule has 1 nitrogen and oxygen atoms in total.